The Morgan fingerprint density at radius 2 is 1.93 bits per heavy atom. The van der Waals surface area contributed by atoms with E-state index in [1.807, 2.05) is 31.2 Å². The SMILES string of the molecule is Cc1cccc(Cc2nc3c(c(=O)[nH]2)CN(S(=O)(=O)c2ccc(F)cc2)CC3)c1. The normalized spacial score (nSPS) is 14.6. The van der Waals surface area contributed by atoms with Gasteiger partial charge in [-0.2, -0.15) is 4.31 Å². The molecular formula is C21H20FN3O3S. The van der Waals surface area contributed by atoms with E-state index in [1.165, 1.54) is 16.4 Å². The molecule has 0 unspecified atom stereocenters. The van der Waals surface area contributed by atoms with Gasteiger partial charge in [-0.15, -0.1) is 0 Å². The number of nitrogens with one attached hydrogen (secondary N) is 1. The van der Waals surface area contributed by atoms with Crippen LogP contribution in [0.4, 0.5) is 4.39 Å². The lowest BCUT2D eigenvalue weighted by atomic mass is 10.1. The third kappa shape index (κ3) is 3.99. The van der Waals surface area contributed by atoms with Crippen LogP contribution in [0, 0.1) is 12.7 Å². The lowest BCUT2D eigenvalue weighted by Gasteiger charge is -2.27. The highest BCUT2D eigenvalue weighted by molar-refractivity contribution is 7.89. The topological polar surface area (TPSA) is 83.1 Å². The summed E-state index contributed by atoms with van der Waals surface area (Å²) in [4.78, 5) is 20.0. The van der Waals surface area contributed by atoms with E-state index in [4.69, 9.17) is 0 Å². The van der Waals surface area contributed by atoms with E-state index >= 15 is 0 Å². The summed E-state index contributed by atoms with van der Waals surface area (Å²) >= 11 is 0. The van der Waals surface area contributed by atoms with E-state index < -0.39 is 15.8 Å². The van der Waals surface area contributed by atoms with Gasteiger partial charge in [0.1, 0.15) is 11.6 Å². The molecule has 0 radical (unpaired) electrons. The number of aromatic nitrogens is 2. The number of fused-ring (bicyclic) bond motifs is 1. The number of halogens is 1. The first-order valence-electron chi connectivity index (χ1n) is 9.25. The van der Waals surface area contributed by atoms with Crippen molar-refractivity contribution in [2.45, 2.75) is 31.2 Å². The average Bonchev–Trinajstić information content (AvgIpc) is 2.68. The number of H-pyrrole nitrogens is 1. The molecule has 150 valence electrons. The maximum absolute atomic E-state index is 13.1. The Morgan fingerprint density at radius 3 is 2.66 bits per heavy atom. The van der Waals surface area contributed by atoms with Crippen LogP contribution in [0.15, 0.2) is 58.2 Å². The van der Waals surface area contributed by atoms with Crippen LogP contribution in [-0.4, -0.2) is 29.2 Å². The molecule has 4 rings (SSSR count). The maximum Gasteiger partial charge on any atom is 0.255 e. The molecule has 3 aromatic rings. The molecule has 6 nitrogen and oxygen atoms in total. The molecule has 1 aromatic heterocycles. The fraction of sp³-hybridized carbons (Fsp3) is 0.238. The lowest BCUT2D eigenvalue weighted by Crippen LogP contribution is -2.39. The predicted octanol–water partition coefficient (Wildman–Crippen LogP) is 2.56. The summed E-state index contributed by atoms with van der Waals surface area (Å²) in [5.41, 5.74) is 2.84. The molecule has 1 aliphatic rings. The Morgan fingerprint density at radius 1 is 1.17 bits per heavy atom. The first kappa shape index (κ1) is 19.5. The van der Waals surface area contributed by atoms with E-state index in [-0.39, 0.29) is 23.5 Å². The number of sulfonamides is 1. The number of benzene rings is 2. The molecule has 0 saturated heterocycles. The van der Waals surface area contributed by atoms with E-state index in [0.717, 1.165) is 23.3 Å². The Kier molecular flexibility index (Phi) is 5.06. The van der Waals surface area contributed by atoms with E-state index in [0.29, 0.717) is 29.9 Å². The van der Waals surface area contributed by atoms with Crippen molar-refractivity contribution in [1.82, 2.24) is 14.3 Å². The fourth-order valence-corrected chi connectivity index (χ4v) is 4.92. The van der Waals surface area contributed by atoms with Gasteiger partial charge in [0.2, 0.25) is 10.0 Å². The summed E-state index contributed by atoms with van der Waals surface area (Å²) in [6.45, 7) is 2.16. The molecule has 1 aliphatic heterocycles. The summed E-state index contributed by atoms with van der Waals surface area (Å²) < 4.78 is 40.0. The average molecular weight is 413 g/mol. The second-order valence-electron chi connectivity index (χ2n) is 7.15. The van der Waals surface area contributed by atoms with Crippen molar-refractivity contribution < 1.29 is 12.8 Å². The molecule has 0 bridgehead atoms. The smallest absolute Gasteiger partial charge is 0.255 e. The minimum atomic E-state index is -3.82. The van der Waals surface area contributed by atoms with E-state index in [1.54, 1.807) is 0 Å². The Labute approximate surface area is 168 Å². The van der Waals surface area contributed by atoms with Crippen molar-refractivity contribution in [3.05, 3.63) is 92.9 Å². The Balaban J connectivity index is 1.60. The first-order valence-corrected chi connectivity index (χ1v) is 10.7. The lowest BCUT2D eigenvalue weighted by molar-refractivity contribution is 0.384. The zero-order valence-corrected chi connectivity index (χ0v) is 16.7. The summed E-state index contributed by atoms with van der Waals surface area (Å²) in [7, 11) is -3.82. The largest absolute Gasteiger partial charge is 0.310 e. The number of rotatable bonds is 4. The highest BCUT2D eigenvalue weighted by Crippen LogP contribution is 2.23. The molecule has 0 amide bonds. The molecule has 2 heterocycles. The molecular weight excluding hydrogens is 393 g/mol. The zero-order valence-electron chi connectivity index (χ0n) is 15.9. The van der Waals surface area contributed by atoms with E-state index in [2.05, 4.69) is 9.97 Å². The van der Waals surface area contributed by atoms with Crippen molar-refractivity contribution in [2.24, 2.45) is 0 Å². The molecule has 0 fully saturated rings. The van der Waals surface area contributed by atoms with Crippen LogP contribution in [0.25, 0.3) is 0 Å². The van der Waals surface area contributed by atoms with Crippen molar-refractivity contribution in [1.29, 1.82) is 0 Å². The minimum absolute atomic E-state index is 0.00260. The van der Waals surface area contributed by atoms with Gasteiger partial charge in [0.25, 0.3) is 5.56 Å². The number of hydrogen-bond donors (Lipinski definition) is 1. The van der Waals surface area contributed by atoms with Gasteiger partial charge in [0, 0.05) is 25.9 Å². The number of aromatic amines is 1. The molecule has 0 spiro atoms. The van der Waals surface area contributed by atoms with Gasteiger partial charge in [-0.3, -0.25) is 4.79 Å². The highest BCUT2D eigenvalue weighted by atomic mass is 32.2. The van der Waals surface area contributed by atoms with E-state index in [9.17, 15) is 17.6 Å². The third-order valence-corrected chi connectivity index (χ3v) is 6.85. The van der Waals surface area contributed by atoms with Crippen molar-refractivity contribution in [2.75, 3.05) is 6.54 Å². The third-order valence-electron chi connectivity index (χ3n) is 4.99. The van der Waals surface area contributed by atoms with Gasteiger partial charge in [-0.05, 0) is 36.8 Å². The molecule has 0 atom stereocenters. The highest BCUT2D eigenvalue weighted by Gasteiger charge is 2.30. The van der Waals surface area contributed by atoms with Gasteiger partial charge >= 0.3 is 0 Å². The van der Waals surface area contributed by atoms with Gasteiger partial charge in [-0.25, -0.2) is 17.8 Å². The predicted molar refractivity (Wildman–Crippen MR) is 107 cm³/mol. The van der Waals surface area contributed by atoms with Crippen LogP contribution < -0.4 is 5.56 Å². The molecule has 29 heavy (non-hydrogen) atoms. The quantitative estimate of drug-likeness (QED) is 0.713. The Hall–Kier alpha value is -2.84. The molecule has 8 heteroatoms. The van der Waals surface area contributed by atoms with Crippen LogP contribution in [0.1, 0.15) is 28.2 Å². The van der Waals surface area contributed by atoms with Crippen LogP contribution in [0.2, 0.25) is 0 Å². The van der Waals surface area contributed by atoms with Gasteiger partial charge in [0.05, 0.1) is 16.2 Å². The molecule has 0 aliphatic carbocycles. The maximum atomic E-state index is 13.1. The summed E-state index contributed by atoms with van der Waals surface area (Å²) in [6.07, 6.45) is 0.849. The Bertz CT molecular complexity index is 1220. The second-order valence-corrected chi connectivity index (χ2v) is 9.08. The van der Waals surface area contributed by atoms with Crippen molar-refractivity contribution in [3.8, 4) is 0 Å². The van der Waals surface area contributed by atoms with Crippen LogP contribution in [0.5, 0.6) is 0 Å². The summed E-state index contributed by atoms with van der Waals surface area (Å²) in [5, 5.41) is 0. The monoisotopic (exact) mass is 413 g/mol. The standard InChI is InChI=1S/C21H20FN3O3S/c1-14-3-2-4-15(11-14)12-20-23-19-9-10-25(13-18(19)21(26)24-20)29(27,28)17-7-5-16(22)6-8-17/h2-8,11H,9-10,12-13H2,1H3,(H,23,24,26). The fourth-order valence-electron chi connectivity index (χ4n) is 3.51. The number of aryl methyl sites for hydroxylation is 1. The summed E-state index contributed by atoms with van der Waals surface area (Å²) in [6, 6.07) is 12.6. The van der Waals surface area contributed by atoms with Crippen molar-refractivity contribution >= 4 is 10.0 Å². The van der Waals surface area contributed by atoms with Gasteiger partial charge in [-0.1, -0.05) is 29.8 Å². The number of hydrogen-bond acceptors (Lipinski definition) is 4. The molecule has 0 saturated carbocycles. The van der Waals surface area contributed by atoms with Crippen LogP contribution in [-0.2, 0) is 29.4 Å². The van der Waals surface area contributed by atoms with Crippen molar-refractivity contribution in [3.63, 3.8) is 0 Å². The minimum Gasteiger partial charge on any atom is -0.310 e. The first-order chi connectivity index (χ1) is 13.8. The zero-order chi connectivity index (χ0) is 20.6. The van der Waals surface area contributed by atoms with Gasteiger partial charge < -0.3 is 4.98 Å². The summed E-state index contributed by atoms with van der Waals surface area (Å²) in [5.74, 6) is 0.0592. The second kappa shape index (κ2) is 7.53. The van der Waals surface area contributed by atoms with Crippen LogP contribution >= 0.6 is 0 Å². The molecule has 1 N–H and O–H groups in total. The molecule has 2 aromatic carbocycles. The van der Waals surface area contributed by atoms with Crippen LogP contribution in [0.3, 0.4) is 0 Å². The van der Waals surface area contributed by atoms with Gasteiger partial charge in [0.15, 0.2) is 0 Å². The number of nitrogens with zero attached hydrogens (tertiary/aromatic N) is 2.